The van der Waals surface area contributed by atoms with Gasteiger partial charge in [-0.1, -0.05) is 5.16 Å². The van der Waals surface area contributed by atoms with E-state index in [1.807, 2.05) is 13.8 Å². The molecule has 0 aliphatic rings. The number of nitrogens with zero attached hydrogens (tertiary/aromatic N) is 3. The molecule has 0 aliphatic heterocycles. The molecule has 0 fully saturated rings. The van der Waals surface area contributed by atoms with Crippen molar-refractivity contribution in [3.05, 3.63) is 18.0 Å². The number of oxime groups is 1. The lowest BCUT2D eigenvalue weighted by Crippen LogP contribution is -2.42. The smallest absolute Gasteiger partial charge is 0.257 e. The van der Waals surface area contributed by atoms with E-state index in [4.69, 9.17) is 10.9 Å². The first-order chi connectivity index (χ1) is 7.56. The highest BCUT2D eigenvalue weighted by molar-refractivity contribution is 5.96. The Hall–Kier alpha value is -2.05. The molecule has 0 aromatic carbocycles. The van der Waals surface area contributed by atoms with Crippen molar-refractivity contribution in [3.8, 4) is 0 Å². The summed E-state index contributed by atoms with van der Waals surface area (Å²) in [5.41, 5.74) is 5.83. The number of amides is 1. The molecular weight excluding hydrogens is 210 g/mol. The average molecular weight is 225 g/mol. The van der Waals surface area contributed by atoms with Gasteiger partial charge in [0.05, 0.1) is 18.3 Å². The van der Waals surface area contributed by atoms with E-state index in [2.05, 4.69) is 15.4 Å². The van der Waals surface area contributed by atoms with Gasteiger partial charge in [-0.05, 0) is 13.8 Å². The molecule has 1 heterocycles. The summed E-state index contributed by atoms with van der Waals surface area (Å²) in [6.45, 7) is 3.78. The second-order valence-corrected chi connectivity index (χ2v) is 3.61. The number of nitrogens with two attached hydrogens (primary N) is 1. The molecule has 4 N–H and O–H groups in total. The molecule has 0 radical (unpaired) electrons. The highest BCUT2D eigenvalue weighted by Crippen LogP contribution is 2.06. The summed E-state index contributed by atoms with van der Waals surface area (Å²) in [5, 5.41) is 17.6. The quantitative estimate of drug-likeness (QED) is 0.290. The highest BCUT2D eigenvalue weighted by atomic mass is 16.4. The first-order valence-corrected chi connectivity index (χ1v) is 4.82. The maximum Gasteiger partial charge on any atom is 0.257 e. The largest absolute Gasteiger partial charge is 0.409 e. The third-order valence-electron chi connectivity index (χ3n) is 2.09. The maximum absolute atomic E-state index is 12.0. The Bertz CT molecular complexity index is 371. The molecule has 1 rings (SSSR count). The van der Waals surface area contributed by atoms with Crippen molar-refractivity contribution in [1.82, 2.24) is 15.1 Å². The molecule has 0 saturated carbocycles. The highest BCUT2D eigenvalue weighted by Gasteiger charge is 2.20. The van der Waals surface area contributed by atoms with Gasteiger partial charge >= 0.3 is 0 Å². The Morgan fingerprint density at radius 1 is 1.75 bits per heavy atom. The summed E-state index contributed by atoms with van der Waals surface area (Å²) < 4.78 is 0. The zero-order chi connectivity index (χ0) is 12.1. The van der Waals surface area contributed by atoms with Crippen LogP contribution >= 0.6 is 0 Å². The number of amidine groups is 1. The monoisotopic (exact) mass is 225 g/mol. The van der Waals surface area contributed by atoms with Crippen LogP contribution in [0.1, 0.15) is 24.2 Å². The van der Waals surface area contributed by atoms with E-state index in [1.165, 1.54) is 17.3 Å². The van der Waals surface area contributed by atoms with Gasteiger partial charge in [-0.25, -0.2) is 0 Å². The van der Waals surface area contributed by atoms with Gasteiger partial charge in [0.15, 0.2) is 5.84 Å². The number of H-pyrrole nitrogens is 1. The van der Waals surface area contributed by atoms with E-state index in [1.54, 1.807) is 0 Å². The van der Waals surface area contributed by atoms with Crippen LogP contribution in [0.4, 0.5) is 0 Å². The van der Waals surface area contributed by atoms with Crippen LogP contribution in [0.15, 0.2) is 17.5 Å². The van der Waals surface area contributed by atoms with Crippen molar-refractivity contribution in [3.63, 3.8) is 0 Å². The first-order valence-electron chi connectivity index (χ1n) is 4.82. The first kappa shape index (κ1) is 12.0. The van der Waals surface area contributed by atoms with Crippen molar-refractivity contribution in [2.24, 2.45) is 10.9 Å². The predicted molar refractivity (Wildman–Crippen MR) is 58.2 cm³/mol. The van der Waals surface area contributed by atoms with Crippen LogP contribution in [0.5, 0.6) is 0 Å². The fourth-order valence-corrected chi connectivity index (χ4v) is 1.23. The normalized spacial score (nSPS) is 11.8. The van der Waals surface area contributed by atoms with E-state index in [0.29, 0.717) is 5.56 Å². The zero-order valence-electron chi connectivity index (χ0n) is 9.21. The summed E-state index contributed by atoms with van der Waals surface area (Å²) >= 11 is 0. The Morgan fingerprint density at radius 2 is 2.44 bits per heavy atom. The molecule has 1 amide bonds. The number of rotatable bonds is 4. The number of hydrogen-bond donors (Lipinski definition) is 3. The van der Waals surface area contributed by atoms with Crippen molar-refractivity contribution in [1.29, 1.82) is 0 Å². The van der Waals surface area contributed by atoms with Gasteiger partial charge in [0, 0.05) is 12.2 Å². The summed E-state index contributed by atoms with van der Waals surface area (Å²) in [5.74, 6) is -0.221. The van der Waals surface area contributed by atoms with E-state index in [-0.39, 0.29) is 24.3 Å². The van der Waals surface area contributed by atoms with Crippen LogP contribution in [0, 0.1) is 0 Å². The topological polar surface area (TPSA) is 108 Å². The Labute approximate surface area is 92.9 Å². The molecule has 7 heteroatoms. The lowest BCUT2D eigenvalue weighted by Gasteiger charge is -2.25. The lowest BCUT2D eigenvalue weighted by molar-refractivity contribution is 0.0734. The minimum absolute atomic E-state index is 0.00875. The van der Waals surface area contributed by atoms with Crippen LogP contribution in [0.3, 0.4) is 0 Å². The maximum atomic E-state index is 12.0. The van der Waals surface area contributed by atoms with Crippen LogP contribution in [0.25, 0.3) is 0 Å². The average Bonchev–Trinajstić information content (AvgIpc) is 2.77. The third-order valence-corrected chi connectivity index (χ3v) is 2.09. The molecule has 0 atom stereocenters. The third kappa shape index (κ3) is 2.72. The van der Waals surface area contributed by atoms with Gasteiger partial charge < -0.3 is 15.8 Å². The Balaban J connectivity index is 2.82. The Kier molecular flexibility index (Phi) is 3.87. The summed E-state index contributed by atoms with van der Waals surface area (Å²) in [6.07, 6.45) is 2.94. The van der Waals surface area contributed by atoms with E-state index in [0.717, 1.165) is 0 Å². The fourth-order valence-electron chi connectivity index (χ4n) is 1.23. The number of hydrogen-bond acceptors (Lipinski definition) is 4. The Morgan fingerprint density at radius 3 is 2.88 bits per heavy atom. The van der Waals surface area contributed by atoms with Crippen LogP contribution in [-0.4, -0.2) is 44.6 Å². The predicted octanol–water partition coefficient (Wildman–Crippen LogP) is 0.00670. The second kappa shape index (κ2) is 5.15. The molecule has 0 spiro atoms. The minimum atomic E-state index is -0.213. The molecule has 16 heavy (non-hydrogen) atoms. The van der Waals surface area contributed by atoms with Gasteiger partial charge in [0.2, 0.25) is 0 Å². The lowest BCUT2D eigenvalue weighted by atomic mass is 10.2. The second-order valence-electron chi connectivity index (χ2n) is 3.61. The number of aromatic nitrogens is 2. The van der Waals surface area contributed by atoms with Crippen molar-refractivity contribution in [2.45, 2.75) is 19.9 Å². The van der Waals surface area contributed by atoms with Gasteiger partial charge in [0.25, 0.3) is 5.91 Å². The molecule has 0 unspecified atom stereocenters. The van der Waals surface area contributed by atoms with E-state index >= 15 is 0 Å². The number of carbonyl (C=O) groups is 1. The standard InChI is InChI=1S/C9H15N5O2/c1-6(2)14(5-8(10)13-16)9(15)7-3-11-12-4-7/h3-4,6,16H,5H2,1-2H3,(H2,10,13)(H,11,12). The SMILES string of the molecule is CC(C)N(CC(N)=NO)C(=O)c1cn[nH]c1. The molecule has 0 aliphatic carbocycles. The van der Waals surface area contributed by atoms with Gasteiger partial charge in [-0.2, -0.15) is 5.10 Å². The summed E-state index contributed by atoms with van der Waals surface area (Å²) in [4.78, 5) is 13.5. The molecule has 0 saturated heterocycles. The van der Waals surface area contributed by atoms with E-state index < -0.39 is 0 Å². The molecule has 0 bridgehead atoms. The minimum Gasteiger partial charge on any atom is -0.409 e. The fraction of sp³-hybridized carbons (Fsp3) is 0.444. The molecule has 7 nitrogen and oxygen atoms in total. The number of nitrogens with one attached hydrogen (secondary N) is 1. The van der Waals surface area contributed by atoms with Gasteiger partial charge in [-0.15, -0.1) is 0 Å². The molecular formula is C9H15N5O2. The number of aromatic amines is 1. The van der Waals surface area contributed by atoms with Gasteiger partial charge in [0.1, 0.15) is 0 Å². The molecule has 88 valence electrons. The zero-order valence-corrected chi connectivity index (χ0v) is 9.21. The number of carbonyl (C=O) groups excluding carboxylic acids is 1. The summed E-state index contributed by atoms with van der Waals surface area (Å²) in [6, 6.07) is -0.0531. The van der Waals surface area contributed by atoms with Crippen molar-refractivity contribution >= 4 is 11.7 Å². The van der Waals surface area contributed by atoms with Crippen molar-refractivity contribution < 1.29 is 10.0 Å². The van der Waals surface area contributed by atoms with Gasteiger partial charge in [-0.3, -0.25) is 9.89 Å². The van der Waals surface area contributed by atoms with Crippen LogP contribution in [0.2, 0.25) is 0 Å². The van der Waals surface area contributed by atoms with E-state index in [9.17, 15) is 4.79 Å². The molecule has 1 aromatic heterocycles. The molecule has 1 aromatic rings. The van der Waals surface area contributed by atoms with Crippen LogP contribution < -0.4 is 5.73 Å². The summed E-state index contributed by atoms with van der Waals surface area (Å²) in [7, 11) is 0. The van der Waals surface area contributed by atoms with Crippen molar-refractivity contribution in [2.75, 3.05) is 6.54 Å². The van der Waals surface area contributed by atoms with Crippen LogP contribution in [-0.2, 0) is 0 Å².